The smallest absolute Gasteiger partial charge is 0.337 e. The molecule has 0 aliphatic carbocycles. The Labute approximate surface area is 151 Å². The van der Waals surface area contributed by atoms with Crippen molar-refractivity contribution >= 4 is 23.6 Å². The summed E-state index contributed by atoms with van der Waals surface area (Å²) in [5.41, 5.74) is 2.98. The van der Waals surface area contributed by atoms with Crippen molar-refractivity contribution in [1.29, 1.82) is 0 Å². The lowest BCUT2D eigenvalue weighted by Gasteiger charge is -2.10. The Morgan fingerprint density at radius 2 is 1.46 bits per heavy atom. The Balaban J connectivity index is 1.86. The normalized spacial score (nSPS) is 10.6. The molecule has 0 aromatic heterocycles. The SMILES string of the molecule is O=C(/C=C/c1ccccc1)Nc1cc(-c2ccccc2)ccc1C(=O)O. The van der Waals surface area contributed by atoms with Gasteiger partial charge in [-0.3, -0.25) is 4.79 Å². The van der Waals surface area contributed by atoms with Gasteiger partial charge in [-0.1, -0.05) is 66.7 Å². The van der Waals surface area contributed by atoms with Gasteiger partial charge < -0.3 is 10.4 Å². The van der Waals surface area contributed by atoms with Gasteiger partial charge in [0.2, 0.25) is 5.91 Å². The van der Waals surface area contributed by atoms with E-state index < -0.39 is 5.97 Å². The molecule has 1 amide bonds. The van der Waals surface area contributed by atoms with E-state index in [1.165, 1.54) is 12.1 Å². The van der Waals surface area contributed by atoms with Crippen LogP contribution in [0.2, 0.25) is 0 Å². The Kier molecular flexibility index (Phi) is 5.25. The zero-order valence-electron chi connectivity index (χ0n) is 13.9. The zero-order valence-corrected chi connectivity index (χ0v) is 13.9. The lowest BCUT2D eigenvalue weighted by molar-refractivity contribution is -0.111. The third kappa shape index (κ3) is 4.24. The van der Waals surface area contributed by atoms with Gasteiger partial charge >= 0.3 is 5.97 Å². The molecule has 0 heterocycles. The fourth-order valence-electron chi connectivity index (χ4n) is 2.55. The third-order valence-electron chi connectivity index (χ3n) is 3.84. The first kappa shape index (κ1) is 17.2. The first-order valence-corrected chi connectivity index (χ1v) is 8.10. The molecule has 3 aromatic rings. The zero-order chi connectivity index (χ0) is 18.4. The van der Waals surface area contributed by atoms with Gasteiger partial charge in [0.05, 0.1) is 11.3 Å². The quantitative estimate of drug-likeness (QED) is 0.660. The van der Waals surface area contributed by atoms with Gasteiger partial charge in [-0.15, -0.1) is 0 Å². The van der Waals surface area contributed by atoms with E-state index in [2.05, 4.69) is 5.32 Å². The number of nitrogens with one attached hydrogen (secondary N) is 1. The van der Waals surface area contributed by atoms with Crippen LogP contribution in [0, 0.1) is 0 Å². The minimum absolute atomic E-state index is 0.0474. The third-order valence-corrected chi connectivity index (χ3v) is 3.84. The van der Waals surface area contributed by atoms with E-state index in [0.717, 1.165) is 16.7 Å². The van der Waals surface area contributed by atoms with Crippen LogP contribution in [0.5, 0.6) is 0 Å². The summed E-state index contributed by atoms with van der Waals surface area (Å²) < 4.78 is 0. The largest absolute Gasteiger partial charge is 0.478 e. The van der Waals surface area contributed by atoms with Gasteiger partial charge in [0.1, 0.15) is 0 Å². The van der Waals surface area contributed by atoms with E-state index in [9.17, 15) is 14.7 Å². The molecule has 0 unspecified atom stereocenters. The molecule has 0 bridgehead atoms. The van der Waals surface area contributed by atoms with Crippen LogP contribution in [-0.2, 0) is 4.79 Å². The molecular formula is C22H17NO3. The number of carbonyl (C=O) groups excluding carboxylic acids is 1. The van der Waals surface area contributed by atoms with Crippen LogP contribution in [0.3, 0.4) is 0 Å². The monoisotopic (exact) mass is 343 g/mol. The van der Waals surface area contributed by atoms with Gasteiger partial charge in [-0.25, -0.2) is 4.79 Å². The van der Waals surface area contributed by atoms with E-state index in [4.69, 9.17) is 0 Å². The molecule has 4 nitrogen and oxygen atoms in total. The standard InChI is InChI=1S/C22H17NO3/c24-21(14-11-16-7-3-1-4-8-16)23-20-15-18(12-13-19(20)22(25)26)17-9-5-2-6-10-17/h1-15H,(H,23,24)(H,25,26)/b14-11+. The summed E-state index contributed by atoms with van der Waals surface area (Å²) in [6.07, 6.45) is 3.06. The number of carboxylic acids is 1. The maximum Gasteiger partial charge on any atom is 0.337 e. The molecule has 0 radical (unpaired) electrons. The molecule has 0 aliphatic heterocycles. The van der Waals surface area contributed by atoms with Gasteiger partial charge in [0.15, 0.2) is 0 Å². The molecule has 0 aliphatic rings. The highest BCUT2D eigenvalue weighted by atomic mass is 16.4. The van der Waals surface area contributed by atoms with Crippen molar-refractivity contribution < 1.29 is 14.7 Å². The number of anilines is 1. The minimum atomic E-state index is -1.09. The fraction of sp³-hybridized carbons (Fsp3) is 0. The fourth-order valence-corrected chi connectivity index (χ4v) is 2.55. The topological polar surface area (TPSA) is 66.4 Å². The summed E-state index contributed by atoms with van der Waals surface area (Å²) in [7, 11) is 0. The Morgan fingerprint density at radius 1 is 0.808 bits per heavy atom. The van der Waals surface area contributed by atoms with Crippen LogP contribution >= 0.6 is 0 Å². The molecule has 0 atom stereocenters. The number of amides is 1. The molecular weight excluding hydrogens is 326 g/mol. The van der Waals surface area contributed by atoms with Crippen molar-refractivity contribution in [3.63, 3.8) is 0 Å². The molecule has 26 heavy (non-hydrogen) atoms. The first-order valence-electron chi connectivity index (χ1n) is 8.10. The van der Waals surface area contributed by atoms with Crippen molar-refractivity contribution in [3.05, 3.63) is 96.1 Å². The van der Waals surface area contributed by atoms with Crippen LogP contribution in [0.25, 0.3) is 17.2 Å². The van der Waals surface area contributed by atoms with Crippen LogP contribution in [0.15, 0.2) is 84.9 Å². The first-order chi connectivity index (χ1) is 12.6. The highest BCUT2D eigenvalue weighted by molar-refractivity contribution is 6.06. The number of carbonyl (C=O) groups is 2. The molecule has 128 valence electrons. The van der Waals surface area contributed by atoms with E-state index in [0.29, 0.717) is 0 Å². The highest BCUT2D eigenvalue weighted by Crippen LogP contribution is 2.26. The highest BCUT2D eigenvalue weighted by Gasteiger charge is 2.13. The molecule has 0 saturated carbocycles. The predicted molar refractivity (Wildman–Crippen MR) is 103 cm³/mol. The van der Waals surface area contributed by atoms with Crippen molar-refractivity contribution in [2.45, 2.75) is 0 Å². The summed E-state index contributed by atoms with van der Waals surface area (Å²) in [6, 6.07) is 23.9. The van der Waals surface area contributed by atoms with Crippen LogP contribution in [0.1, 0.15) is 15.9 Å². The summed E-state index contributed by atoms with van der Waals surface area (Å²) >= 11 is 0. The summed E-state index contributed by atoms with van der Waals surface area (Å²) in [6.45, 7) is 0. The molecule has 0 spiro atoms. The number of benzene rings is 3. The molecule has 3 rings (SSSR count). The number of hydrogen-bond acceptors (Lipinski definition) is 2. The lowest BCUT2D eigenvalue weighted by Crippen LogP contribution is -2.12. The second kappa shape index (κ2) is 7.94. The molecule has 3 aromatic carbocycles. The van der Waals surface area contributed by atoms with Crippen LogP contribution in [-0.4, -0.2) is 17.0 Å². The summed E-state index contributed by atoms with van der Waals surface area (Å²) in [5.74, 6) is -1.48. The van der Waals surface area contributed by atoms with Gasteiger partial charge in [-0.05, 0) is 34.9 Å². The summed E-state index contributed by atoms with van der Waals surface area (Å²) in [4.78, 5) is 23.7. The molecule has 0 fully saturated rings. The molecule has 2 N–H and O–H groups in total. The maximum atomic E-state index is 12.2. The molecule has 4 heteroatoms. The number of carboxylic acid groups (broad SMARTS) is 1. The van der Waals surface area contributed by atoms with Crippen molar-refractivity contribution in [1.82, 2.24) is 0 Å². The second-order valence-corrected chi connectivity index (χ2v) is 5.66. The van der Waals surface area contributed by atoms with Gasteiger partial charge in [0.25, 0.3) is 0 Å². The van der Waals surface area contributed by atoms with Crippen molar-refractivity contribution in [2.24, 2.45) is 0 Å². The Hall–Kier alpha value is -3.66. The number of hydrogen-bond donors (Lipinski definition) is 2. The number of rotatable bonds is 5. The second-order valence-electron chi connectivity index (χ2n) is 5.66. The summed E-state index contributed by atoms with van der Waals surface area (Å²) in [5, 5.41) is 12.0. The lowest BCUT2D eigenvalue weighted by atomic mass is 10.0. The van der Waals surface area contributed by atoms with Crippen LogP contribution < -0.4 is 5.32 Å². The van der Waals surface area contributed by atoms with E-state index in [1.807, 2.05) is 60.7 Å². The predicted octanol–water partition coefficient (Wildman–Crippen LogP) is 4.70. The van der Waals surface area contributed by atoms with Crippen molar-refractivity contribution in [2.75, 3.05) is 5.32 Å². The minimum Gasteiger partial charge on any atom is -0.478 e. The Bertz CT molecular complexity index is 948. The van der Waals surface area contributed by atoms with E-state index >= 15 is 0 Å². The average molecular weight is 343 g/mol. The Morgan fingerprint density at radius 3 is 2.12 bits per heavy atom. The van der Waals surface area contributed by atoms with Crippen molar-refractivity contribution in [3.8, 4) is 11.1 Å². The van der Waals surface area contributed by atoms with Gasteiger partial charge in [-0.2, -0.15) is 0 Å². The van der Waals surface area contributed by atoms with E-state index in [-0.39, 0.29) is 17.2 Å². The van der Waals surface area contributed by atoms with Crippen LogP contribution in [0.4, 0.5) is 5.69 Å². The number of aromatic carboxylic acids is 1. The van der Waals surface area contributed by atoms with Gasteiger partial charge in [0, 0.05) is 6.08 Å². The maximum absolute atomic E-state index is 12.2. The van der Waals surface area contributed by atoms with E-state index in [1.54, 1.807) is 18.2 Å². The average Bonchev–Trinajstić information content (AvgIpc) is 2.67. The molecule has 0 saturated heterocycles.